The Balaban J connectivity index is 2.25. The smallest absolute Gasteiger partial charge is 0.328 e. The van der Waals surface area contributed by atoms with E-state index in [-0.39, 0.29) is 24.7 Å². The molecule has 0 aliphatic carbocycles. The number of aromatic nitrogens is 1. The minimum absolute atomic E-state index is 0.0803. The molecule has 1 aliphatic rings. The first-order chi connectivity index (χ1) is 8.49. The molecule has 1 atom stereocenters. The van der Waals surface area contributed by atoms with Crippen LogP contribution in [0.5, 0.6) is 0 Å². The van der Waals surface area contributed by atoms with Crippen molar-refractivity contribution in [3.8, 4) is 0 Å². The summed E-state index contributed by atoms with van der Waals surface area (Å²) in [5, 5.41) is 13.7. The lowest BCUT2D eigenvalue weighted by Gasteiger charge is -2.32. The van der Waals surface area contributed by atoms with Gasteiger partial charge in [0.15, 0.2) is 0 Å². The number of carbonyl (C=O) groups is 3. The van der Waals surface area contributed by atoms with Crippen LogP contribution in [-0.2, 0) is 9.59 Å². The highest BCUT2D eigenvalue weighted by molar-refractivity contribution is 7.09. The van der Waals surface area contributed by atoms with E-state index >= 15 is 0 Å². The Morgan fingerprint density at radius 1 is 1.61 bits per heavy atom. The lowest BCUT2D eigenvalue weighted by atomic mass is 10.1. The number of thiazole rings is 1. The van der Waals surface area contributed by atoms with Crippen molar-refractivity contribution in [1.29, 1.82) is 0 Å². The molecule has 18 heavy (non-hydrogen) atoms. The lowest BCUT2D eigenvalue weighted by molar-refractivity contribution is -0.144. The average Bonchev–Trinajstić information content (AvgIpc) is 2.74. The van der Waals surface area contributed by atoms with Crippen LogP contribution in [0.15, 0.2) is 5.38 Å². The molecule has 0 bridgehead atoms. The number of aryl methyl sites for hydroxylation is 1. The van der Waals surface area contributed by atoms with E-state index in [0.717, 1.165) is 4.90 Å². The molecule has 1 aromatic rings. The maximum absolute atomic E-state index is 12.1. The van der Waals surface area contributed by atoms with Crippen molar-refractivity contribution in [2.24, 2.45) is 0 Å². The molecule has 2 N–H and O–H groups in total. The van der Waals surface area contributed by atoms with Crippen LogP contribution >= 0.6 is 11.3 Å². The van der Waals surface area contributed by atoms with Gasteiger partial charge < -0.3 is 15.3 Å². The molecule has 1 unspecified atom stereocenters. The number of aliphatic carboxylic acids is 1. The van der Waals surface area contributed by atoms with Crippen molar-refractivity contribution in [2.45, 2.75) is 13.0 Å². The van der Waals surface area contributed by atoms with E-state index in [9.17, 15) is 14.4 Å². The number of nitrogens with zero attached hydrogens (tertiary/aromatic N) is 2. The number of carboxylic acid groups (broad SMARTS) is 1. The third-order valence-electron chi connectivity index (χ3n) is 2.57. The van der Waals surface area contributed by atoms with Crippen LogP contribution in [-0.4, -0.2) is 51.9 Å². The summed E-state index contributed by atoms with van der Waals surface area (Å²) in [4.78, 5) is 39.5. The molecule has 0 saturated carbocycles. The van der Waals surface area contributed by atoms with E-state index in [0.29, 0.717) is 5.01 Å². The first kappa shape index (κ1) is 12.5. The number of piperazine rings is 1. The molecule has 2 amide bonds. The van der Waals surface area contributed by atoms with E-state index in [1.54, 1.807) is 12.3 Å². The van der Waals surface area contributed by atoms with Crippen molar-refractivity contribution in [2.75, 3.05) is 13.1 Å². The predicted molar refractivity (Wildman–Crippen MR) is 62.3 cm³/mol. The SMILES string of the molecule is Cc1nc(C(=O)N2CC(=O)NCC2C(=O)O)cs1. The molecule has 2 heterocycles. The van der Waals surface area contributed by atoms with E-state index in [1.807, 2.05) is 0 Å². The van der Waals surface area contributed by atoms with Crippen LogP contribution in [0.4, 0.5) is 0 Å². The van der Waals surface area contributed by atoms with E-state index < -0.39 is 17.9 Å². The molecule has 8 heteroatoms. The fourth-order valence-corrected chi connectivity index (χ4v) is 2.27. The highest BCUT2D eigenvalue weighted by Gasteiger charge is 2.36. The average molecular weight is 269 g/mol. The summed E-state index contributed by atoms with van der Waals surface area (Å²) in [7, 11) is 0. The van der Waals surface area contributed by atoms with E-state index in [2.05, 4.69) is 10.3 Å². The zero-order valence-electron chi connectivity index (χ0n) is 9.54. The van der Waals surface area contributed by atoms with Crippen LogP contribution in [0, 0.1) is 6.92 Å². The Bertz CT molecular complexity index is 513. The normalized spacial score (nSPS) is 19.5. The van der Waals surface area contributed by atoms with Crippen LogP contribution in [0.2, 0.25) is 0 Å². The number of carbonyl (C=O) groups excluding carboxylic acids is 2. The largest absolute Gasteiger partial charge is 0.480 e. The molecule has 0 aromatic carbocycles. The van der Waals surface area contributed by atoms with Gasteiger partial charge in [0.05, 0.1) is 5.01 Å². The van der Waals surface area contributed by atoms with Gasteiger partial charge in [0.1, 0.15) is 18.3 Å². The Hall–Kier alpha value is -1.96. The van der Waals surface area contributed by atoms with Crippen LogP contribution in [0.3, 0.4) is 0 Å². The lowest BCUT2D eigenvalue weighted by Crippen LogP contribution is -2.59. The first-order valence-electron chi connectivity index (χ1n) is 5.21. The second-order valence-corrected chi connectivity index (χ2v) is 4.91. The Labute approximate surface area is 106 Å². The molecular weight excluding hydrogens is 258 g/mol. The maximum atomic E-state index is 12.1. The van der Waals surface area contributed by atoms with Gasteiger partial charge in [-0.15, -0.1) is 11.3 Å². The van der Waals surface area contributed by atoms with Gasteiger partial charge in [0, 0.05) is 11.9 Å². The summed E-state index contributed by atoms with van der Waals surface area (Å²) in [6, 6.07) is -1.04. The molecule has 1 aromatic heterocycles. The van der Waals surface area contributed by atoms with Crippen LogP contribution in [0.25, 0.3) is 0 Å². The topological polar surface area (TPSA) is 99.6 Å². The number of hydrogen-bond donors (Lipinski definition) is 2. The van der Waals surface area contributed by atoms with Gasteiger partial charge in [0.25, 0.3) is 5.91 Å². The molecule has 0 radical (unpaired) electrons. The molecular formula is C10H11N3O4S. The van der Waals surface area contributed by atoms with Gasteiger partial charge in [-0.3, -0.25) is 9.59 Å². The predicted octanol–water partition coefficient (Wildman–Crippen LogP) is -0.523. The molecule has 2 rings (SSSR count). The standard InChI is InChI=1S/C10H11N3O4S/c1-5-12-6(4-18-5)9(15)13-3-8(14)11-2-7(13)10(16)17/h4,7H,2-3H2,1H3,(H,11,14)(H,16,17). The van der Waals surface area contributed by atoms with Crippen molar-refractivity contribution in [1.82, 2.24) is 15.2 Å². The zero-order valence-corrected chi connectivity index (χ0v) is 10.4. The zero-order chi connectivity index (χ0) is 13.3. The summed E-state index contributed by atoms with van der Waals surface area (Å²) < 4.78 is 0. The summed E-state index contributed by atoms with van der Waals surface area (Å²) in [6.45, 7) is 1.41. The third-order valence-corrected chi connectivity index (χ3v) is 3.34. The van der Waals surface area contributed by atoms with Crippen molar-refractivity contribution < 1.29 is 19.5 Å². The minimum Gasteiger partial charge on any atom is -0.480 e. The highest BCUT2D eigenvalue weighted by atomic mass is 32.1. The fourth-order valence-electron chi connectivity index (χ4n) is 1.68. The quantitative estimate of drug-likeness (QED) is 0.752. The van der Waals surface area contributed by atoms with Crippen molar-refractivity contribution in [3.05, 3.63) is 16.1 Å². The summed E-state index contributed by atoms with van der Waals surface area (Å²) >= 11 is 1.30. The van der Waals surface area contributed by atoms with Gasteiger partial charge in [-0.25, -0.2) is 9.78 Å². The fraction of sp³-hybridized carbons (Fsp3) is 0.400. The summed E-state index contributed by atoms with van der Waals surface area (Å²) in [5.41, 5.74) is 0.179. The second kappa shape index (κ2) is 4.73. The van der Waals surface area contributed by atoms with E-state index in [1.165, 1.54) is 11.3 Å². The molecule has 1 fully saturated rings. The third kappa shape index (κ3) is 2.33. The van der Waals surface area contributed by atoms with Gasteiger partial charge >= 0.3 is 5.97 Å². The van der Waals surface area contributed by atoms with Crippen molar-refractivity contribution in [3.63, 3.8) is 0 Å². The number of carboxylic acids is 1. The summed E-state index contributed by atoms with van der Waals surface area (Å²) in [6.07, 6.45) is 0. The molecule has 7 nitrogen and oxygen atoms in total. The van der Waals surface area contributed by atoms with Crippen molar-refractivity contribution >= 4 is 29.1 Å². The number of rotatable bonds is 2. The molecule has 96 valence electrons. The highest BCUT2D eigenvalue weighted by Crippen LogP contribution is 2.14. The Morgan fingerprint density at radius 2 is 2.33 bits per heavy atom. The molecule has 0 spiro atoms. The maximum Gasteiger partial charge on any atom is 0.328 e. The number of nitrogens with one attached hydrogen (secondary N) is 1. The second-order valence-electron chi connectivity index (χ2n) is 3.84. The summed E-state index contributed by atoms with van der Waals surface area (Å²) in [5.74, 6) is -2.04. The van der Waals surface area contributed by atoms with Gasteiger partial charge in [-0.2, -0.15) is 0 Å². The molecule has 1 aliphatic heterocycles. The van der Waals surface area contributed by atoms with Crippen LogP contribution in [0.1, 0.15) is 15.5 Å². The number of amides is 2. The van der Waals surface area contributed by atoms with Crippen LogP contribution < -0.4 is 5.32 Å². The Kier molecular flexibility index (Phi) is 3.28. The van der Waals surface area contributed by atoms with E-state index in [4.69, 9.17) is 5.11 Å². The number of hydrogen-bond acceptors (Lipinski definition) is 5. The first-order valence-corrected chi connectivity index (χ1v) is 6.09. The van der Waals surface area contributed by atoms with Gasteiger partial charge in [-0.05, 0) is 6.92 Å². The monoisotopic (exact) mass is 269 g/mol. The van der Waals surface area contributed by atoms with Gasteiger partial charge in [-0.1, -0.05) is 0 Å². The molecule has 1 saturated heterocycles. The Morgan fingerprint density at radius 3 is 2.89 bits per heavy atom. The van der Waals surface area contributed by atoms with Gasteiger partial charge in [0.2, 0.25) is 5.91 Å². The minimum atomic E-state index is -1.14.